The first kappa shape index (κ1) is 17.1. The van der Waals surface area contributed by atoms with Crippen molar-refractivity contribution < 1.29 is 4.74 Å². The van der Waals surface area contributed by atoms with Gasteiger partial charge in [0.05, 0.1) is 11.1 Å². The van der Waals surface area contributed by atoms with Crippen molar-refractivity contribution in [1.82, 2.24) is 9.55 Å². The number of hydrogen-bond donors (Lipinski definition) is 0. The predicted molar refractivity (Wildman–Crippen MR) is 109 cm³/mol. The standard InChI is InChI=1S/C23H24N4O/c24-14-18-6-7-23(25-15-18)26-11-8-19(9-12-26)28-22-3-1-2-21-20(22)10-13-27(21)16-17-4-5-17/h1-3,6-7,10,13,15,17,19H,4-5,8-9,11-12,16H2. The SMILES string of the molecule is N#Cc1ccc(N2CCC(Oc3cccc4c3ccn4CC3CC3)CC2)nc1. The Kier molecular flexibility index (Phi) is 4.40. The molecule has 1 aliphatic heterocycles. The van der Waals surface area contributed by atoms with Crippen LogP contribution in [0.3, 0.4) is 0 Å². The van der Waals surface area contributed by atoms with Crippen LogP contribution < -0.4 is 9.64 Å². The average Bonchev–Trinajstić information content (AvgIpc) is 3.47. The van der Waals surface area contributed by atoms with Crippen molar-refractivity contribution in [3.8, 4) is 11.8 Å². The summed E-state index contributed by atoms with van der Waals surface area (Å²) in [5.41, 5.74) is 1.88. The van der Waals surface area contributed by atoms with Crippen molar-refractivity contribution in [1.29, 1.82) is 5.26 Å². The van der Waals surface area contributed by atoms with Gasteiger partial charge >= 0.3 is 0 Å². The number of piperidine rings is 1. The molecule has 2 fully saturated rings. The fraction of sp³-hybridized carbons (Fsp3) is 0.391. The van der Waals surface area contributed by atoms with Gasteiger partial charge in [-0.25, -0.2) is 4.98 Å². The van der Waals surface area contributed by atoms with Gasteiger partial charge in [0.15, 0.2) is 0 Å². The molecule has 2 aliphatic rings. The summed E-state index contributed by atoms with van der Waals surface area (Å²) in [6, 6.07) is 14.5. The summed E-state index contributed by atoms with van der Waals surface area (Å²) in [5.74, 6) is 2.80. The molecule has 5 nitrogen and oxygen atoms in total. The Hall–Kier alpha value is -3.00. The van der Waals surface area contributed by atoms with Gasteiger partial charge in [0, 0.05) is 50.3 Å². The van der Waals surface area contributed by atoms with Crippen molar-refractivity contribution >= 4 is 16.7 Å². The number of fused-ring (bicyclic) bond motifs is 1. The molecule has 0 unspecified atom stereocenters. The minimum Gasteiger partial charge on any atom is -0.490 e. The molecule has 3 heterocycles. The number of pyridine rings is 1. The third-order valence-corrected chi connectivity index (χ3v) is 5.86. The maximum atomic E-state index is 8.91. The van der Waals surface area contributed by atoms with E-state index in [9.17, 15) is 0 Å². The molecule has 1 saturated carbocycles. The highest BCUT2D eigenvalue weighted by molar-refractivity contribution is 5.86. The van der Waals surface area contributed by atoms with E-state index in [1.165, 1.54) is 23.7 Å². The number of rotatable bonds is 5. The van der Waals surface area contributed by atoms with Crippen LogP contribution in [0.15, 0.2) is 48.8 Å². The van der Waals surface area contributed by atoms with Gasteiger partial charge in [-0.15, -0.1) is 0 Å². The van der Waals surface area contributed by atoms with Gasteiger partial charge in [0.25, 0.3) is 0 Å². The van der Waals surface area contributed by atoms with Crippen LogP contribution in [0.2, 0.25) is 0 Å². The highest BCUT2D eigenvalue weighted by Crippen LogP contribution is 2.34. The summed E-state index contributed by atoms with van der Waals surface area (Å²) in [4.78, 5) is 6.69. The molecule has 5 heteroatoms. The van der Waals surface area contributed by atoms with Crippen LogP contribution in [-0.4, -0.2) is 28.7 Å². The van der Waals surface area contributed by atoms with Crippen molar-refractivity contribution in [2.24, 2.45) is 5.92 Å². The topological polar surface area (TPSA) is 54.1 Å². The molecular formula is C23H24N4O. The van der Waals surface area contributed by atoms with Gasteiger partial charge in [-0.2, -0.15) is 5.26 Å². The Morgan fingerprint density at radius 2 is 1.93 bits per heavy atom. The Bertz CT molecular complexity index is 1010. The second-order valence-electron chi connectivity index (χ2n) is 7.92. The zero-order chi connectivity index (χ0) is 18.9. The van der Waals surface area contributed by atoms with Crippen LogP contribution in [-0.2, 0) is 6.54 Å². The van der Waals surface area contributed by atoms with Crippen molar-refractivity contribution in [2.45, 2.75) is 38.3 Å². The van der Waals surface area contributed by atoms with E-state index in [1.807, 2.05) is 12.1 Å². The van der Waals surface area contributed by atoms with Gasteiger partial charge in [-0.3, -0.25) is 0 Å². The summed E-state index contributed by atoms with van der Waals surface area (Å²) in [6.07, 6.45) is 8.75. The number of aromatic nitrogens is 2. The fourth-order valence-corrected chi connectivity index (χ4v) is 4.06. The van der Waals surface area contributed by atoms with Crippen LogP contribution in [0.25, 0.3) is 10.9 Å². The molecule has 28 heavy (non-hydrogen) atoms. The fourth-order valence-electron chi connectivity index (χ4n) is 4.06. The molecule has 2 aromatic heterocycles. The predicted octanol–water partition coefficient (Wildman–Crippen LogP) is 4.37. The second kappa shape index (κ2) is 7.20. The molecule has 1 aliphatic carbocycles. The Balaban J connectivity index is 1.25. The second-order valence-corrected chi connectivity index (χ2v) is 7.92. The molecule has 0 amide bonds. The van der Waals surface area contributed by atoms with E-state index < -0.39 is 0 Å². The lowest BCUT2D eigenvalue weighted by atomic mass is 10.1. The summed E-state index contributed by atoms with van der Waals surface area (Å²) < 4.78 is 8.79. The maximum Gasteiger partial charge on any atom is 0.129 e. The Morgan fingerprint density at radius 1 is 1.07 bits per heavy atom. The van der Waals surface area contributed by atoms with E-state index in [0.29, 0.717) is 5.56 Å². The molecule has 142 valence electrons. The van der Waals surface area contributed by atoms with Gasteiger partial charge in [0.2, 0.25) is 0 Å². The number of hydrogen-bond acceptors (Lipinski definition) is 4. The third-order valence-electron chi connectivity index (χ3n) is 5.86. The number of anilines is 1. The lowest BCUT2D eigenvalue weighted by Gasteiger charge is -2.33. The van der Waals surface area contributed by atoms with Gasteiger partial charge in [-0.05, 0) is 49.1 Å². The Morgan fingerprint density at radius 3 is 2.64 bits per heavy atom. The highest BCUT2D eigenvalue weighted by Gasteiger charge is 2.24. The zero-order valence-corrected chi connectivity index (χ0v) is 15.9. The quantitative estimate of drug-likeness (QED) is 0.667. The first-order chi connectivity index (χ1) is 13.8. The minimum atomic E-state index is 0.229. The molecule has 0 N–H and O–H groups in total. The zero-order valence-electron chi connectivity index (χ0n) is 15.9. The molecular weight excluding hydrogens is 348 g/mol. The summed E-state index contributed by atoms with van der Waals surface area (Å²) in [5, 5.41) is 10.1. The number of nitrogens with zero attached hydrogens (tertiary/aromatic N) is 4. The van der Waals surface area contributed by atoms with Gasteiger partial charge in [-0.1, -0.05) is 6.07 Å². The molecule has 0 atom stereocenters. The van der Waals surface area contributed by atoms with Crippen LogP contribution in [0.5, 0.6) is 5.75 Å². The van der Waals surface area contributed by atoms with Gasteiger partial charge < -0.3 is 14.2 Å². The normalized spacial score (nSPS) is 17.6. The number of ether oxygens (including phenoxy) is 1. The first-order valence-electron chi connectivity index (χ1n) is 10.2. The van der Waals surface area contributed by atoms with Crippen LogP contribution >= 0.6 is 0 Å². The third kappa shape index (κ3) is 3.43. The van der Waals surface area contributed by atoms with Crippen LogP contribution in [0, 0.1) is 17.2 Å². The number of nitriles is 1. The summed E-state index contributed by atoms with van der Waals surface area (Å²) in [7, 11) is 0. The van der Waals surface area contributed by atoms with Crippen LogP contribution in [0.1, 0.15) is 31.2 Å². The van der Waals surface area contributed by atoms with Gasteiger partial charge in [0.1, 0.15) is 23.7 Å². The van der Waals surface area contributed by atoms with Crippen molar-refractivity contribution in [3.63, 3.8) is 0 Å². The summed E-state index contributed by atoms with van der Waals surface area (Å²) in [6.45, 7) is 2.97. The smallest absolute Gasteiger partial charge is 0.129 e. The van der Waals surface area contributed by atoms with E-state index in [-0.39, 0.29) is 6.10 Å². The largest absolute Gasteiger partial charge is 0.490 e. The molecule has 5 rings (SSSR count). The average molecular weight is 372 g/mol. The first-order valence-corrected chi connectivity index (χ1v) is 10.2. The van der Waals surface area contributed by atoms with E-state index in [2.05, 4.69) is 51.0 Å². The van der Waals surface area contributed by atoms with Crippen molar-refractivity contribution in [2.75, 3.05) is 18.0 Å². The van der Waals surface area contributed by atoms with E-state index in [1.54, 1.807) is 6.20 Å². The molecule has 0 spiro atoms. The minimum absolute atomic E-state index is 0.229. The van der Waals surface area contributed by atoms with E-state index in [4.69, 9.17) is 10.00 Å². The highest BCUT2D eigenvalue weighted by atomic mass is 16.5. The molecule has 3 aromatic rings. The monoisotopic (exact) mass is 372 g/mol. The van der Waals surface area contributed by atoms with Crippen LogP contribution in [0.4, 0.5) is 5.82 Å². The molecule has 1 saturated heterocycles. The van der Waals surface area contributed by atoms with Crippen molar-refractivity contribution in [3.05, 3.63) is 54.4 Å². The molecule has 1 aromatic carbocycles. The lowest BCUT2D eigenvalue weighted by molar-refractivity contribution is 0.173. The molecule has 0 radical (unpaired) electrons. The maximum absolute atomic E-state index is 8.91. The number of benzene rings is 1. The summed E-state index contributed by atoms with van der Waals surface area (Å²) >= 11 is 0. The van der Waals surface area contributed by atoms with E-state index in [0.717, 1.165) is 50.0 Å². The van der Waals surface area contributed by atoms with E-state index >= 15 is 0 Å². The Labute approximate surface area is 165 Å². The lowest BCUT2D eigenvalue weighted by Crippen LogP contribution is -2.38. The molecule has 0 bridgehead atoms.